The van der Waals surface area contributed by atoms with Crippen LogP contribution in [0.15, 0.2) is 64.8 Å². The monoisotopic (exact) mass is 268 g/mol. The van der Waals surface area contributed by atoms with Gasteiger partial charge in [-0.3, -0.25) is 0 Å². The maximum Gasteiger partial charge on any atom is 0.211 e. The Labute approximate surface area is 117 Å². The van der Waals surface area contributed by atoms with E-state index in [1.807, 2.05) is 54.6 Å². The molecular formula is C15H16N4O. The first-order chi connectivity index (χ1) is 9.75. The van der Waals surface area contributed by atoms with Gasteiger partial charge in [0.1, 0.15) is 12.4 Å². The molecule has 0 spiro atoms. The second kappa shape index (κ2) is 6.94. The first-order valence-electron chi connectivity index (χ1n) is 6.13. The number of ether oxygens (including phenoxy) is 1. The summed E-state index contributed by atoms with van der Waals surface area (Å²) >= 11 is 0. The third-order valence-corrected chi connectivity index (χ3v) is 2.53. The Morgan fingerprint density at radius 3 is 2.45 bits per heavy atom. The summed E-state index contributed by atoms with van der Waals surface area (Å²) in [5.41, 5.74) is 12.3. The van der Waals surface area contributed by atoms with Gasteiger partial charge in [0, 0.05) is 5.56 Å². The van der Waals surface area contributed by atoms with Crippen molar-refractivity contribution in [1.82, 2.24) is 0 Å². The van der Waals surface area contributed by atoms with Crippen LogP contribution >= 0.6 is 0 Å². The summed E-state index contributed by atoms with van der Waals surface area (Å²) in [6.45, 7) is 0.494. The summed E-state index contributed by atoms with van der Waals surface area (Å²) in [6, 6.07) is 17.5. The molecule has 0 saturated carbocycles. The SMILES string of the molecule is NC(N)=N/N=C/c1ccccc1OCc1ccccc1. The predicted molar refractivity (Wildman–Crippen MR) is 80.6 cm³/mol. The van der Waals surface area contributed by atoms with Crippen LogP contribution in [0.5, 0.6) is 5.75 Å². The molecule has 0 aromatic heterocycles. The van der Waals surface area contributed by atoms with E-state index in [-0.39, 0.29) is 5.96 Å². The van der Waals surface area contributed by atoms with Crippen LogP contribution in [0.3, 0.4) is 0 Å². The molecule has 0 aliphatic rings. The van der Waals surface area contributed by atoms with E-state index in [0.29, 0.717) is 6.61 Å². The number of hydrogen-bond acceptors (Lipinski definition) is 3. The van der Waals surface area contributed by atoms with Gasteiger partial charge in [0.2, 0.25) is 5.96 Å². The number of guanidine groups is 1. The molecule has 4 N–H and O–H groups in total. The summed E-state index contributed by atoms with van der Waals surface area (Å²) in [7, 11) is 0. The van der Waals surface area contributed by atoms with Crippen molar-refractivity contribution in [3.8, 4) is 5.75 Å². The molecule has 0 aliphatic carbocycles. The van der Waals surface area contributed by atoms with Crippen molar-refractivity contribution in [3.05, 3.63) is 65.7 Å². The number of para-hydroxylation sites is 1. The van der Waals surface area contributed by atoms with E-state index >= 15 is 0 Å². The molecule has 0 saturated heterocycles. The molecule has 2 aromatic carbocycles. The average molecular weight is 268 g/mol. The number of benzene rings is 2. The molecule has 0 unspecified atom stereocenters. The zero-order valence-corrected chi connectivity index (χ0v) is 10.9. The van der Waals surface area contributed by atoms with Crippen molar-refractivity contribution in [3.63, 3.8) is 0 Å². The molecule has 0 atom stereocenters. The Hall–Kier alpha value is -2.82. The van der Waals surface area contributed by atoms with E-state index in [0.717, 1.165) is 16.9 Å². The van der Waals surface area contributed by atoms with Crippen LogP contribution in [-0.4, -0.2) is 12.2 Å². The van der Waals surface area contributed by atoms with Crippen molar-refractivity contribution in [2.24, 2.45) is 21.7 Å². The Kier molecular flexibility index (Phi) is 4.72. The van der Waals surface area contributed by atoms with Gasteiger partial charge in [0.15, 0.2) is 0 Å². The molecule has 2 rings (SSSR count). The molecule has 102 valence electrons. The quantitative estimate of drug-likeness (QED) is 0.493. The smallest absolute Gasteiger partial charge is 0.211 e. The number of rotatable bonds is 5. The highest BCUT2D eigenvalue weighted by Gasteiger charge is 2.00. The molecule has 0 radical (unpaired) electrons. The first kappa shape index (κ1) is 13.6. The van der Waals surface area contributed by atoms with Crippen molar-refractivity contribution in [2.45, 2.75) is 6.61 Å². The average Bonchev–Trinajstić information content (AvgIpc) is 2.47. The van der Waals surface area contributed by atoms with E-state index in [9.17, 15) is 0 Å². The standard InChI is InChI=1S/C15H16N4O/c16-15(17)19-18-10-13-8-4-5-9-14(13)20-11-12-6-2-1-3-7-12/h1-10H,11H2,(H4,16,17,19)/b18-10+. The van der Waals surface area contributed by atoms with Crippen LogP contribution in [0.25, 0.3) is 0 Å². The van der Waals surface area contributed by atoms with Crippen LogP contribution < -0.4 is 16.2 Å². The van der Waals surface area contributed by atoms with Crippen molar-refractivity contribution in [2.75, 3.05) is 0 Å². The normalized spacial score (nSPS) is 10.4. The van der Waals surface area contributed by atoms with E-state index in [1.54, 1.807) is 6.21 Å². The minimum absolute atomic E-state index is 0.0797. The Morgan fingerprint density at radius 1 is 1.00 bits per heavy atom. The van der Waals surface area contributed by atoms with Crippen LogP contribution in [0, 0.1) is 0 Å². The molecule has 5 nitrogen and oxygen atoms in total. The first-order valence-corrected chi connectivity index (χ1v) is 6.13. The third kappa shape index (κ3) is 4.13. The molecule has 0 amide bonds. The van der Waals surface area contributed by atoms with Crippen molar-refractivity contribution < 1.29 is 4.74 Å². The molecular weight excluding hydrogens is 252 g/mol. The highest BCUT2D eigenvalue weighted by Crippen LogP contribution is 2.17. The molecule has 5 heteroatoms. The second-order valence-corrected chi connectivity index (χ2v) is 4.08. The lowest BCUT2D eigenvalue weighted by Crippen LogP contribution is -2.21. The van der Waals surface area contributed by atoms with E-state index < -0.39 is 0 Å². The fourth-order valence-electron chi connectivity index (χ4n) is 1.61. The second-order valence-electron chi connectivity index (χ2n) is 4.08. The lowest BCUT2D eigenvalue weighted by atomic mass is 10.2. The fourth-order valence-corrected chi connectivity index (χ4v) is 1.61. The maximum absolute atomic E-state index is 5.78. The van der Waals surface area contributed by atoms with Crippen molar-refractivity contribution in [1.29, 1.82) is 0 Å². The van der Waals surface area contributed by atoms with Crippen LogP contribution in [0.2, 0.25) is 0 Å². The zero-order valence-electron chi connectivity index (χ0n) is 10.9. The highest BCUT2D eigenvalue weighted by atomic mass is 16.5. The summed E-state index contributed by atoms with van der Waals surface area (Å²) in [6.07, 6.45) is 1.56. The minimum atomic E-state index is -0.0797. The Bertz CT molecular complexity index is 604. The van der Waals surface area contributed by atoms with Gasteiger partial charge in [-0.05, 0) is 17.7 Å². The molecule has 0 heterocycles. The zero-order chi connectivity index (χ0) is 14.2. The van der Waals surface area contributed by atoms with Gasteiger partial charge in [0.05, 0.1) is 6.21 Å². The number of nitrogens with zero attached hydrogens (tertiary/aromatic N) is 2. The van der Waals surface area contributed by atoms with Gasteiger partial charge in [-0.15, -0.1) is 5.10 Å². The molecule has 0 bridgehead atoms. The minimum Gasteiger partial charge on any atom is -0.488 e. The van der Waals surface area contributed by atoms with Gasteiger partial charge < -0.3 is 16.2 Å². The number of nitrogens with two attached hydrogens (primary N) is 2. The maximum atomic E-state index is 5.78. The molecule has 0 aliphatic heterocycles. The fraction of sp³-hybridized carbons (Fsp3) is 0.0667. The lowest BCUT2D eigenvalue weighted by Gasteiger charge is -2.08. The third-order valence-electron chi connectivity index (χ3n) is 2.53. The van der Waals surface area contributed by atoms with E-state index in [2.05, 4.69) is 10.2 Å². The predicted octanol–water partition coefficient (Wildman–Crippen LogP) is 1.87. The highest BCUT2D eigenvalue weighted by molar-refractivity contribution is 5.84. The van der Waals surface area contributed by atoms with Crippen LogP contribution in [0.4, 0.5) is 0 Å². The summed E-state index contributed by atoms with van der Waals surface area (Å²) in [5, 5.41) is 7.36. The van der Waals surface area contributed by atoms with Gasteiger partial charge in [0.25, 0.3) is 0 Å². The topological polar surface area (TPSA) is 86.0 Å². The van der Waals surface area contributed by atoms with E-state index in [1.165, 1.54) is 0 Å². The van der Waals surface area contributed by atoms with Crippen LogP contribution in [-0.2, 0) is 6.61 Å². The molecule has 20 heavy (non-hydrogen) atoms. The number of hydrogen-bond donors (Lipinski definition) is 2. The largest absolute Gasteiger partial charge is 0.488 e. The van der Waals surface area contributed by atoms with Crippen molar-refractivity contribution >= 4 is 12.2 Å². The van der Waals surface area contributed by atoms with Crippen LogP contribution in [0.1, 0.15) is 11.1 Å². The summed E-state index contributed by atoms with van der Waals surface area (Å²) < 4.78 is 5.78. The molecule has 2 aromatic rings. The van der Waals surface area contributed by atoms with Gasteiger partial charge in [-0.25, -0.2) is 0 Å². The Balaban J connectivity index is 2.08. The molecule has 0 fully saturated rings. The summed E-state index contributed by atoms with van der Waals surface area (Å²) in [5.74, 6) is 0.648. The van der Waals surface area contributed by atoms with E-state index in [4.69, 9.17) is 16.2 Å². The Morgan fingerprint density at radius 2 is 1.70 bits per heavy atom. The van der Waals surface area contributed by atoms with Gasteiger partial charge >= 0.3 is 0 Å². The summed E-state index contributed by atoms with van der Waals surface area (Å²) in [4.78, 5) is 0. The van der Waals surface area contributed by atoms with Gasteiger partial charge in [-0.1, -0.05) is 42.5 Å². The van der Waals surface area contributed by atoms with Gasteiger partial charge in [-0.2, -0.15) is 5.10 Å². The lowest BCUT2D eigenvalue weighted by molar-refractivity contribution is 0.306.